The molecule has 1 N–H and O–H groups in total. The number of rotatable bonds is 7. The Labute approximate surface area is 134 Å². The van der Waals surface area contributed by atoms with Gasteiger partial charge in [0.2, 0.25) is 5.82 Å². The van der Waals surface area contributed by atoms with Crippen molar-refractivity contribution in [1.29, 1.82) is 0 Å². The second-order valence-corrected chi connectivity index (χ2v) is 5.09. The normalized spacial score (nSPS) is 10.9. The Morgan fingerprint density at radius 2 is 2.04 bits per heavy atom. The van der Waals surface area contributed by atoms with Crippen molar-refractivity contribution in [3.63, 3.8) is 0 Å². The molecule has 0 radical (unpaired) electrons. The van der Waals surface area contributed by atoms with E-state index in [4.69, 9.17) is 9.15 Å². The van der Waals surface area contributed by atoms with Gasteiger partial charge in [-0.2, -0.15) is 0 Å². The summed E-state index contributed by atoms with van der Waals surface area (Å²) >= 11 is 0. The largest absolute Gasteiger partial charge is 0.496 e. The van der Waals surface area contributed by atoms with Crippen molar-refractivity contribution in [2.24, 2.45) is 0 Å². The first kappa shape index (κ1) is 15.3. The molecule has 1 aromatic carbocycles. The van der Waals surface area contributed by atoms with Crippen LogP contribution in [0.5, 0.6) is 5.75 Å². The van der Waals surface area contributed by atoms with E-state index in [9.17, 15) is 5.11 Å². The van der Waals surface area contributed by atoms with Crippen LogP contribution < -0.4 is 4.74 Å². The number of benzene rings is 1. The molecule has 0 aliphatic carbocycles. The van der Waals surface area contributed by atoms with E-state index in [-0.39, 0.29) is 6.61 Å². The number of para-hydroxylation sites is 1. The smallest absolute Gasteiger partial charge is 0.217 e. The van der Waals surface area contributed by atoms with Crippen molar-refractivity contribution < 1.29 is 14.3 Å². The van der Waals surface area contributed by atoms with Crippen molar-refractivity contribution in [2.45, 2.75) is 19.4 Å². The fourth-order valence-corrected chi connectivity index (χ4v) is 2.50. The van der Waals surface area contributed by atoms with Gasteiger partial charge in [0.05, 0.1) is 26.5 Å². The summed E-state index contributed by atoms with van der Waals surface area (Å²) in [4.78, 5) is 4.55. The van der Waals surface area contributed by atoms with Gasteiger partial charge in [0, 0.05) is 6.42 Å². The molecule has 0 aliphatic heterocycles. The number of furan rings is 1. The van der Waals surface area contributed by atoms with Gasteiger partial charge in [0.1, 0.15) is 11.6 Å². The Hall–Kier alpha value is -2.60. The highest BCUT2D eigenvalue weighted by molar-refractivity contribution is 5.45. The highest BCUT2D eigenvalue weighted by Crippen LogP contribution is 2.21. The molecular formula is C17H19N3O3. The van der Waals surface area contributed by atoms with Crippen LogP contribution in [-0.2, 0) is 19.4 Å². The summed E-state index contributed by atoms with van der Waals surface area (Å²) in [6.07, 6.45) is 3.08. The minimum atomic E-state index is 0.0165. The van der Waals surface area contributed by atoms with Gasteiger partial charge in [-0.15, -0.1) is 5.10 Å². The third-order valence-electron chi connectivity index (χ3n) is 3.61. The molecular weight excluding hydrogens is 294 g/mol. The maximum Gasteiger partial charge on any atom is 0.217 e. The number of methoxy groups -OCH3 is 1. The molecule has 0 bridgehead atoms. The zero-order valence-electron chi connectivity index (χ0n) is 13.0. The number of ether oxygens (including phenoxy) is 1. The van der Waals surface area contributed by atoms with Gasteiger partial charge in [-0.25, -0.2) is 9.67 Å². The van der Waals surface area contributed by atoms with E-state index < -0.39 is 0 Å². The number of hydrogen-bond acceptors (Lipinski definition) is 5. The van der Waals surface area contributed by atoms with E-state index >= 15 is 0 Å². The van der Waals surface area contributed by atoms with E-state index in [0.29, 0.717) is 24.6 Å². The van der Waals surface area contributed by atoms with Crippen LogP contribution in [0.15, 0.2) is 47.1 Å². The molecule has 23 heavy (non-hydrogen) atoms. The Bertz CT molecular complexity index is 750. The molecule has 0 atom stereocenters. The molecule has 2 heterocycles. The Kier molecular flexibility index (Phi) is 4.73. The molecule has 3 aromatic rings. The van der Waals surface area contributed by atoms with Crippen LogP contribution >= 0.6 is 0 Å². The first-order valence-electron chi connectivity index (χ1n) is 7.52. The van der Waals surface area contributed by atoms with Crippen LogP contribution in [0.3, 0.4) is 0 Å². The van der Waals surface area contributed by atoms with Gasteiger partial charge < -0.3 is 14.3 Å². The predicted octanol–water partition coefficient (Wildman–Crippen LogP) is 2.32. The number of nitrogens with zero attached hydrogens (tertiary/aromatic N) is 3. The maximum atomic E-state index is 9.22. The average molecular weight is 313 g/mol. The van der Waals surface area contributed by atoms with Crippen LogP contribution in [0, 0.1) is 0 Å². The summed E-state index contributed by atoms with van der Waals surface area (Å²) in [6.45, 7) is 0.428. The van der Waals surface area contributed by atoms with Crippen LogP contribution in [0.1, 0.15) is 11.4 Å². The molecule has 6 nitrogen and oxygen atoms in total. The first-order chi connectivity index (χ1) is 11.3. The lowest BCUT2D eigenvalue weighted by atomic mass is 10.1. The molecule has 6 heteroatoms. The number of aliphatic hydroxyl groups excluding tert-OH is 1. The molecule has 0 spiro atoms. The van der Waals surface area contributed by atoms with Crippen molar-refractivity contribution in [3.8, 4) is 17.3 Å². The molecule has 0 unspecified atom stereocenters. The number of aromatic nitrogens is 3. The zero-order valence-corrected chi connectivity index (χ0v) is 13.0. The Balaban J connectivity index is 1.81. The lowest BCUT2D eigenvalue weighted by Gasteiger charge is -2.08. The molecule has 0 amide bonds. The molecule has 0 fully saturated rings. The van der Waals surface area contributed by atoms with Gasteiger partial charge in [-0.3, -0.25) is 0 Å². The van der Waals surface area contributed by atoms with E-state index in [1.807, 2.05) is 30.3 Å². The lowest BCUT2D eigenvalue weighted by molar-refractivity contribution is 0.267. The highest BCUT2D eigenvalue weighted by atomic mass is 16.5. The molecule has 120 valence electrons. The molecule has 0 saturated heterocycles. The van der Waals surface area contributed by atoms with Gasteiger partial charge in [0.25, 0.3) is 0 Å². The third-order valence-corrected chi connectivity index (χ3v) is 3.61. The van der Waals surface area contributed by atoms with Gasteiger partial charge >= 0.3 is 0 Å². The minimum absolute atomic E-state index is 0.0165. The second-order valence-electron chi connectivity index (χ2n) is 5.09. The lowest BCUT2D eigenvalue weighted by Crippen LogP contribution is -2.10. The Morgan fingerprint density at radius 1 is 1.17 bits per heavy atom. The number of aryl methyl sites for hydroxylation is 2. The molecule has 0 aliphatic rings. The summed E-state index contributed by atoms with van der Waals surface area (Å²) in [5, 5.41) is 13.6. The third kappa shape index (κ3) is 3.43. The van der Waals surface area contributed by atoms with E-state index in [1.54, 1.807) is 24.1 Å². The van der Waals surface area contributed by atoms with Crippen LogP contribution in [0.25, 0.3) is 11.6 Å². The zero-order chi connectivity index (χ0) is 16.1. The highest BCUT2D eigenvalue weighted by Gasteiger charge is 2.14. The quantitative estimate of drug-likeness (QED) is 0.724. The summed E-state index contributed by atoms with van der Waals surface area (Å²) in [5.41, 5.74) is 1.12. The van der Waals surface area contributed by atoms with E-state index in [0.717, 1.165) is 23.6 Å². The van der Waals surface area contributed by atoms with Crippen molar-refractivity contribution in [3.05, 3.63) is 54.0 Å². The number of hydrogen-bond donors (Lipinski definition) is 1. The topological polar surface area (TPSA) is 73.3 Å². The molecule has 2 aromatic heterocycles. The van der Waals surface area contributed by atoms with Crippen molar-refractivity contribution in [2.75, 3.05) is 13.7 Å². The van der Waals surface area contributed by atoms with Crippen molar-refractivity contribution in [1.82, 2.24) is 14.8 Å². The first-order valence-corrected chi connectivity index (χ1v) is 7.52. The standard InChI is InChI=1S/C17H19N3O3/c1-22-14-6-3-2-5-13(14)8-9-16-18-17(15-7-4-12-23-15)19-20(16)10-11-21/h2-7,12,21H,8-11H2,1H3. The summed E-state index contributed by atoms with van der Waals surface area (Å²) in [6, 6.07) is 11.6. The summed E-state index contributed by atoms with van der Waals surface area (Å²) in [7, 11) is 1.67. The van der Waals surface area contributed by atoms with Gasteiger partial charge in [0.15, 0.2) is 5.76 Å². The monoisotopic (exact) mass is 313 g/mol. The van der Waals surface area contributed by atoms with Crippen LogP contribution in [-0.4, -0.2) is 33.6 Å². The van der Waals surface area contributed by atoms with Gasteiger partial charge in [-0.05, 0) is 30.2 Å². The maximum absolute atomic E-state index is 9.22. The summed E-state index contributed by atoms with van der Waals surface area (Å²) in [5.74, 6) is 2.85. The summed E-state index contributed by atoms with van der Waals surface area (Å²) < 4.78 is 12.5. The number of aliphatic hydroxyl groups is 1. The Morgan fingerprint density at radius 3 is 2.78 bits per heavy atom. The fourth-order valence-electron chi connectivity index (χ4n) is 2.50. The fraction of sp³-hybridized carbons (Fsp3) is 0.294. The SMILES string of the molecule is COc1ccccc1CCc1nc(-c2ccco2)nn1CCO. The minimum Gasteiger partial charge on any atom is -0.496 e. The second kappa shape index (κ2) is 7.11. The van der Waals surface area contributed by atoms with Crippen LogP contribution in [0.2, 0.25) is 0 Å². The molecule has 3 rings (SSSR count). The van der Waals surface area contributed by atoms with Gasteiger partial charge in [-0.1, -0.05) is 18.2 Å². The van der Waals surface area contributed by atoms with E-state index in [2.05, 4.69) is 10.1 Å². The predicted molar refractivity (Wildman–Crippen MR) is 85.2 cm³/mol. The molecule has 0 saturated carbocycles. The van der Waals surface area contributed by atoms with E-state index in [1.165, 1.54) is 0 Å². The van der Waals surface area contributed by atoms with Crippen LogP contribution in [0.4, 0.5) is 0 Å². The van der Waals surface area contributed by atoms with Crippen molar-refractivity contribution >= 4 is 0 Å². The average Bonchev–Trinajstić information content (AvgIpc) is 3.23.